The Morgan fingerprint density at radius 3 is 2.45 bits per heavy atom. The van der Waals surface area contributed by atoms with Gasteiger partial charge in [0.1, 0.15) is 48.1 Å². The van der Waals surface area contributed by atoms with E-state index in [1.165, 1.54) is 31.3 Å². The summed E-state index contributed by atoms with van der Waals surface area (Å²) in [4.78, 5) is 35.3. The molecule has 64 heavy (non-hydrogen) atoms. The number of hydrogen-bond acceptors (Lipinski definition) is 12. The molecule has 0 unspecified atom stereocenters. The Labute approximate surface area is 378 Å². The zero-order chi connectivity index (χ0) is 45.6. The third-order valence-corrected chi connectivity index (χ3v) is 12.1. The fourth-order valence-electron chi connectivity index (χ4n) is 9.30. The van der Waals surface area contributed by atoms with Crippen molar-refractivity contribution in [1.82, 2.24) is 4.90 Å². The summed E-state index contributed by atoms with van der Waals surface area (Å²) in [7, 11) is 3.02. The predicted molar refractivity (Wildman–Crippen MR) is 240 cm³/mol. The van der Waals surface area contributed by atoms with Crippen molar-refractivity contribution in [2.75, 3.05) is 58.5 Å². The summed E-state index contributed by atoms with van der Waals surface area (Å²) in [6, 6.07) is 15.1. The van der Waals surface area contributed by atoms with E-state index in [-0.39, 0.29) is 69.5 Å². The van der Waals surface area contributed by atoms with Crippen LogP contribution in [0.4, 0.5) is 19.7 Å². The monoisotopic (exact) mass is 907 g/mol. The van der Waals surface area contributed by atoms with Crippen molar-refractivity contribution in [2.45, 2.75) is 76.2 Å². The number of methoxy groups -OCH3 is 2. The van der Waals surface area contributed by atoms with E-state index >= 15 is 0 Å². The summed E-state index contributed by atoms with van der Waals surface area (Å²) in [6.45, 7) is 6.11. The van der Waals surface area contributed by atoms with Crippen LogP contribution >= 0.6 is 11.6 Å². The minimum absolute atomic E-state index is 0.00951. The van der Waals surface area contributed by atoms with Crippen LogP contribution in [0.15, 0.2) is 90.1 Å². The first kappa shape index (κ1) is 48.1. The second-order valence-electron chi connectivity index (χ2n) is 15.8. The summed E-state index contributed by atoms with van der Waals surface area (Å²) in [5.74, 6) is -1.53. The molecular weight excluding hydrogens is 849 g/mol. The number of allylic oxidation sites excluding steroid dienone is 1. The molecule has 1 aliphatic heterocycles. The third-order valence-electron chi connectivity index (χ3n) is 12.0. The zero-order valence-electron chi connectivity index (χ0n) is 36.6. The molecule has 14 nitrogen and oxygen atoms in total. The van der Waals surface area contributed by atoms with E-state index in [2.05, 4.69) is 18.0 Å². The maximum absolute atomic E-state index is 14.4. The summed E-state index contributed by atoms with van der Waals surface area (Å²) in [5.41, 5.74) is 3.15. The molecule has 2 amide bonds. The number of rotatable bonds is 22. The Balaban J connectivity index is 1.54. The van der Waals surface area contributed by atoms with Gasteiger partial charge in [-0.15, -0.1) is 18.2 Å². The number of aliphatic hydroxyl groups excluding tert-OH is 2. The zero-order valence-corrected chi connectivity index (χ0v) is 37.4. The van der Waals surface area contributed by atoms with Crippen molar-refractivity contribution >= 4 is 35.2 Å². The van der Waals surface area contributed by atoms with E-state index in [1.54, 1.807) is 48.5 Å². The lowest BCUT2D eigenvalue weighted by molar-refractivity contribution is -0.256. The fourth-order valence-corrected chi connectivity index (χ4v) is 9.37. The third kappa shape index (κ3) is 10.9. The molecule has 3 aromatic rings. The molecule has 16 heteroatoms. The van der Waals surface area contributed by atoms with Gasteiger partial charge in [0.2, 0.25) is 5.79 Å². The Morgan fingerprint density at radius 1 is 1.02 bits per heavy atom. The molecule has 3 aliphatic rings. The normalized spacial score (nSPS) is 22.5. The largest absolute Gasteiger partial charge is 0.497 e. The number of fused-ring (bicyclic) bond motifs is 2. The number of nitrogens with zero attached hydrogens (tertiary/aromatic N) is 2. The first-order valence-corrected chi connectivity index (χ1v) is 22.3. The summed E-state index contributed by atoms with van der Waals surface area (Å²) < 4.78 is 50.9. The molecule has 0 aromatic heterocycles. The summed E-state index contributed by atoms with van der Waals surface area (Å²) >= 11 is 6.04. The number of anilines is 1. The number of alkyl halides is 1. The second-order valence-corrected chi connectivity index (χ2v) is 16.2. The van der Waals surface area contributed by atoms with E-state index in [0.717, 1.165) is 24.0 Å². The molecule has 3 aromatic carbocycles. The number of unbranched alkanes of at least 4 members (excludes halogenated alkanes) is 2. The van der Waals surface area contributed by atoms with E-state index in [0.29, 0.717) is 59.9 Å². The molecule has 6 atom stereocenters. The van der Waals surface area contributed by atoms with Crippen LogP contribution in [-0.2, 0) is 20.9 Å². The topological polar surface area (TPSA) is 167 Å². The lowest BCUT2D eigenvalue weighted by Crippen LogP contribution is -2.70. The van der Waals surface area contributed by atoms with Crippen LogP contribution in [0, 0.1) is 23.6 Å². The Kier molecular flexibility index (Phi) is 17.3. The molecule has 0 radical (unpaired) electrons. The molecule has 0 spiro atoms. The quantitative estimate of drug-likeness (QED) is 0.0381. The number of amides is 2. The molecule has 1 fully saturated rings. The molecule has 1 saturated carbocycles. The van der Waals surface area contributed by atoms with Gasteiger partial charge in [-0.1, -0.05) is 42.3 Å². The lowest BCUT2D eigenvalue weighted by atomic mass is 9.55. The van der Waals surface area contributed by atoms with Gasteiger partial charge in [-0.2, -0.15) is 0 Å². The lowest BCUT2D eigenvalue weighted by Gasteiger charge is -2.59. The van der Waals surface area contributed by atoms with Crippen LogP contribution in [0.3, 0.4) is 0 Å². The van der Waals surface area contributed by atoms with Crippen molar-refractivity contribution in [2.24, 2.45) is 22.9 Å². The maximum atomic E-state index is 14.4. The van der Waals surface area contributed by atoms with Gasteiger partial charge in [0.05, 0.1) is 44.0 Å². The van der Waals surface area contributed by atoms with Gasteiger partial charge in [-0.05, 0) is 98.0 Å². The SMILES string of the molecule is C=CCO[C@@]12Oc3ccc(OC(=O)Nc4ccc(OC)cc4OC)cc3[C@H]3[C@H](CCCCO)[C@@H](CCCCO)C=C(C(=NOCC)C[C@@H]1N(Cc1ccc(F)cc1)C(=O)OCCCl)[C@H]32. The van der Waals surface area contributed by atoms with Crippen molar-refractivity contribution in [1.29, 1.82) is 0 Å². The highest BCUT2D eigenvalue weighted by Crippen LogP contribution is 2.62. The average Bonchev–Trinajstić information content (AvgIpc) is 3.30. The molecule has 1 heterocycles. The molecular formula is C48H59ClFN3O11. The van der Waals surface area contributed by atoms with E-state index < -0.39 is 41.7 Å². The van der Waals surface area contributed by atoms with Crippen molar-refractivity contribution in [3.63, 3.8) is 0 Å². The van der Waals surface area contributed by atoms with Gasteiger partial charge in [-0.3, -0.25) is 10.2 Å². The highest BCUT2D eigenvalue weighted by molar-refractivity contribution is 6.18. The van der Waals surface area contributed by atoms with E-state index in [9.17, 15) is 24.2 Å². The Morgan fingerprint density at radius 2 is 1.77 bits per heavy atom. The summed E-state index contributed by atoms with van der Waals surface area (Å²) in [6.07, 6.45) is 6.58. The van der Waals surface area contributed by atoms with E-state index in [1.807, 2.05) is 13.0 Å². The van der Waals surface area contributed by atoms with Gasteiger partial charge in [-0.25, -0.2) is 14.0 Å². The van der Waals surface area contributed by atoms with Crippen LogP contribution in [0.5, 0.6) is 23.0 Å². The number of hydrogen-bond donors (Lipinski definition) is 3. The Hall–Kier alpha value is -5.35. The van der Waals surface area contributed by atoms with Crippen LogP contribution in [0.1, 0.15) is 68.9 Å². The first-order valence-electron chi connectivity index (χ1n) is 21.8. The van der Waals surface area contributed by atoms with Crippen LogP contribution in [0.2, 0.25) is 0 Å². The van der Waals surface area contributed by atoms with Crippen molar-refractivity contribution in [3.05, 3.63) is 102 Å². The average molecular weight is 908 g/mol. The fraction of sp³-hybridized carbons (Fsp3) is 0.479. The second kappa shape index (κ2) is 23.0. The number of nitrogens with one attached hydrogen (secondary N) is 1. The number of aliphatic hydroxyl groups is 2. The number of benzene rings is 3. The van der Waals surface area contributed by atoms with Gasteiger partial charge >= 0.3 is 12.2 Å². The predicted octanol–water partition coefficient (Wildman–Crippen LogP) is 8.98. The van der Waals surface area contributed by atoms with E-state index in [4.69, 9.17) is 50.0 Å². The maximum Gasteiger partial charge on any atom is 0.417 e. The standard InChI is InChI=1S/C48H59ClFN3O11/c1-5-24-61-48-43(53(47(57)60-25-21-49)30-31-13-15-33(50)16-14-31)29-40(52-62-6-2)37-26-32(11-7-9-22-54)36(12-8-10-23-55)44(45(37)48)38-27-35(18-20-41(38)64-48)63-46(56)51-39-19-17-34(58-3)28-42(39)59-4/h5,13-20,26-28,32,36,43-45,54-55H,1,6-12,21-25,29-30H2,2-4H3,(H,51,56)/t32-,36+,43-,44+,45+,48+/m0/s1. The van der Waals surface area contributed by atoms with Crippen molar-refractivity contribution in [3.8, 4) is 23.0 Å². The smallest absolute Gasteiger partial charge is 0.417 e. The van der Waals surface area contributed by atoms with Gasteiger partial charge in [0.15, 0.2) is 0 Å². The minimum Gasteiger partial charge on any atom is -0.497 e. The van der Waals surface area contributed by atoms with Crippen LogP contribution in [0.25, 0.3) is 0 Å². The van der Waals surface area contributed by atoms with Gasteiger partial charge < -0.3 is 43.5 Å². The molecule has 346 valence electrons. The molecule has 0 saturated heterocycles. The minimum atomic E-state index is -1.60. The Bertz CT molecular complexity index is 2120. The molecule has 2 aliphatic carbocycles. The van der Waals surface area contributed by atoms with Crippen molar-refractivity contribution < 1.29 is 57.5 Å². The molecule has 3 N–H and O–H groups in total. The van der Waals surface area contributed by atoms with Crippen LogP contribution < -0.4 is 24.3 Å². The highest BCUT2D eigenvalue weighted by atomic mass is 35.5. The van der Waals surface area contributed by atoms with Crippen LogP contribution in [-0.4, -0.2) is 98.0 Å². The molecule has 6 rings (SSSR count). The summed E-state index contributed by atoms with van der Waals surface area (Å²) in [5, 5.41) is 27.3. The number of halogens is 2. The van der Waals surface area contributed by atoms with Gasteiger partial charge in [0, 0.05) is 43.7 Å². The molecule has 0 bridgehead atoms. The highest BCUT2D eigenvalue weighted by Gasteiger charge is 2.65. The first-order chi connectivity index (χ1) is 31.1. The number of oxime groups is 1. The van der Waals surface area contributed by atoms with Gasteiger partial charge in [0.25, 0.3) is 0 Å². The number of carbonyl (C=O) groups excluding carboxylic acids is 2. The number of carbonyl (C=O) groups is 2. The number of ether oxygens (including phenoxy) is 6.